The molecule has 0 bridgehead atoms. The van der Waals surface area contributed by atoms with Crippen LogP contribution < -0.4 is 4.72 Å². The molecule has 0 radical (unpaired) electrons. The number of hydrogen-bond acceptors (Lipinski definition) is 4. The third kappa shape index (κ3) is 3.57. The summed E-state index contributed by atoms with van der Waals surface area (Å²) in [5.74, 6) is 0.0213. The van der Waals surface area contributed by atoms with E-state index in [0.29, 0.717) is 0 Å². The van der Waals surface area contributed by atoms with Gasteiger partial charge in [-0.2, -0.15) is 0 Å². The zero-order chi connectivity index (χ0) is 11.5. The summed E-state index contributed by atoms with van der Waals surface area (Å²) in [4.78, 5) is 0.751. The number of rotatable bonds is 5. The minimum Gasteiger partial charge on any atom is -0.383 e. The number of thiophene rings is 1. The topological polar surface area (TPSA) is 66.4 Å². The molecule has 15 heavy (non-hydrogen) atoms. The van der Waals surface area contributed by atoms with Crippen molar-refractivity contribution in [1.82, 2.24) is 4.72 Å². The Bertz CT molecular complexity index is 395. The van der Waals surface area contributed by atoms with E-state index in [1.807, 2.05) is 11.4 Å². The van der Waals surface area contributed by atoms with Gasteiger partial charge in [0.1, 0.15) is 5.60 Å². The smallest absolute Gasteiger partial charge is 0.211 e. The van der Waals surface area contributed by atoms with Crippen molar-refractivity contribution in [3.63, 3.8) is 0 Å². The van der Waals surface area contributed by atoms with Gasteiger partial charge in [-0.15, -0.1) is 11.3 Å². The monoisotopic (exact) mass is 249 g/mol. The van der Waals surface area contributed by atoms with E-state index in [0.717, 1.165) is 4.88 Å². The zero-order valence-electron chi connectivity index (χ0n) is 8.73. The molecule has 1 aromatic heterocycles. The molecule has 0 aliphatic heterocycles. The molecule has 0 amide bonds. The maximum atomic E-state index is 11.2. The largest absolute Gasteiger partial charge is 0.383 e. The fourth-order valence-electron chi connectivity index (χ4n) is 1.02. The first-order chi connectivity index (χ1) is 6.87. The molecular weight excluding hydrogens is 234 g/mol. The number of sulfonamides is 1. The van der Waals surface area contributed by atoms with Gasteiger partial charge in [0, 0.05) is 11.4 Å². The van der Waals surface area contributed by atoms with Crippen molar-refractivity contribution in [3.05, 3.63) is 22.4 Å². The maximum Gasteiger partial charge on any atom is 0.211 e. The Morgan fingerprint density at radius 2 is 2.27 bits per heavy atom. The van der Waals surface area contributed by atoms with Gasteiger partial charge >= 0.3 is 0 Å². The summed E-state index contributed by atoms with van der Waals surface area (Å²) < 4.78 is 24.8. The lowest BCUT2D eigenvalue weighted by Crippen LogP contribution is -2.38. The first-order valence-corrected chi connectivity index (χ1v) is 7.14. The van der Waals surface area contributed by atoms with Gasteiger partial charge in [0.25, 0.3) is 0 Å². The molecule has 6 heteroatoms. The van der Waals surface area contributed by atoms with Crippen LogP contribution >= 0.6 is 11.3 Å². The predicted octanol–water partition coefficient (Wildman–Crippen LogP) is 0.895. The third-order valence-electron chi connectivity index (χ3n) is 2.07. The number of hydrogen-bond donors (Lipinski definition) is 2. The van der Waals surface area contributed by atoms with E-state index in [4.69, 9.17) is 0 Å². The van der Waals surface area contributed by atoms with Crippen molar-refractivity contribution in [3.8, 4) is 0 Å². The van der Waals surface area contributed by atoms with Crippen LogP contribution in [0, 0.1) is 0 Å². The lowest BCUT2D eigenvalue weighted by Gasteiger charge is -2.21. The van der Waals surface area contributed by atoms with E-state index in [9.17, 15) is 13.5 Å². The molecule has 0 fully saturated rings. The van der Waals surface area contributed by atoms with E-state index >= 15 is 0 Å². The van der Waals surface area contributed by atoms with Crippen LogP contribution in [0.3, 0.4) is 0 Å². The molecule has 1 aromatic rings. The second kappa shape index (κ2) is 4.61. The quantitative estimate of drug-likeness (QED) is 0.814. The van der Waals surface area contributed by atoms with Crippen LogP contribution in [0.2, 0.25) is 0 Å². The fraction of sp³-hybridized carbons (Fsp3) is 0.556. The second-order valence-corrected chi connectivity index (χ2v) is 6.52. The van der Waals surface area contributed by atoms with E-state index in [1.165, 1.54) is 11.3 Å². The van der Waals surface area contributed by atoms with E-state index < -0.39 is 15.6 Å². The zero-order valence-corrected chi connectivity index (χ0v) is 10.4. The minimum absolute atomic E-state index is 0.00366. The molecule has 2 N–H and O–H groups in total. The highest BCUT2D eigenvalue weighted by Crippen LogP contribution is 2.24. The highest BCUT2D eigenvalue weighted by molar-refractivity contribution is 7.89. The lowest BCUT2D eigenvalue weighted by molar-refractivity contribution is 0.0666. The van der Waals surface area contributed by atoms with Crippen molar-refractivity contribution in [2.75, 3.05) is 12.3 Å². The van der Waals surface area contributed by atoms with Gasteiger partial charge in [-0.3, -0.25) is 0 Å². The van der Waals surface area contributed by atoms with E-state index in [-0.39, 0.29) is 12.3 Å². The summed E-state index contributed by atoms with van der Waals surface area (Å²) in [5, 5.41) is 11.9. The Morgan fingerprint density at radius 1 is 1.60 bits per heavy atom. The van der Waals surface area contributed by atoms with E-state index in [1.54, 1.807) is 19.9 Å². The summed E-state index contributed by atoms with van der Waals surface area (Å²) in [5.41, 5.74) is -1.14. The third-order valence-corrected chi connectivity index (χ3v) is 4.54. The Hall–Kier alpha value is -0.430. The molecule has 86 valence electrons. The van der Waals surface area contributed by atoms with Crippen LogP contribution in [0.15, 0.2) is 17.5 Å². The van der Waals surface area contributed by atoms with Crippen molar-refractivity contribution in [2.45, 2.75) is 19.4 Å². The van der Waals surface area contributed by atoms with Gasteiger partial charge in [-0.05, 0) is 25.3 Å². The van der Waals surface area contributed by atoms with Crippen LogP contribution in [0.1, 0.15) is 18.7 Å². The molecule has 1 heterocycles. The highest BCUT2D eigenvalue weighted by Gasteiger charge is 2.25. The average molecular weight is 249 g/mol. The fourth-order valence-corrected chi connectivity index (χ4v) is 2.52. The van der Waals surface area contributed by atoms with Gasteiger partial charge in [-0.25, -0.2) is 13.1 Å². The van der Waals surface area contributed by atoms with Crippen molar-refractivity contribution < 1.29 is 13.5 Å². The Morgan fingerprint density at radius 3 is 2.73 bits per heavy atom. The molecule has 0 aliphatic rings. The first-order valence-electron chi connectivity index (χ1n) is 4.61. The molecule has 4 nitrogen and oxygen atoms in total. The van der Waals surface area contributed by atoms with E-state index in [2.05, 4.69) is 4.72 Å². The molecular formula is C9H15NO3S2. The number of aliphatic hydroxyl groups is 1. The molecule has 0 saturated carbocycles. The molecule has 0 spiro atoms. The van der Waals surface area contributed by atoms with Crippen LogP contribution in [-0.2, 0) is 15.6 Å². The second-order valence-electron chi connectivity index (χ2n) is 3.48. The lowest BCUT2D eigenvalue weighted by atomic mass is 10.1. The summed E-state index contributed by atoms with van der Waals surface area (Å²) >= 11 is 1.40. The van der Waals surface area contributed by atoms with Crippen LogP contribution in [0.4, 0.5) is 0 Å². The van der Waals surface area contributed by atoms with Crippen molar-refractivity contribution in [1.29, 1.82) is 0 Å². The molecule has 0 aromatic carbocycles. The van der Waals surface area contributed by atoms with Gasteiger partial charge < -0.3 is 5.11 Å². The van der Waals surface area contributed by atoms with Crippen molar-refractivity contribution >= 4 is 21.4 Å². The summed E-state index contributed by atoms with van der Waals surface area (Å²) in [6.45, 7) is 3.16. The number of nitrogens with one attached hydrogen (secondary N) is 1. The standard InChI is InChI=1S/C9H15NO3S2/c1-3-15(12,13)10-7-9(2,11)8-5-4-6-14-8/h4-6,10-11H,3,7H2,1-2H3. The summed E-state index contributed by atoms with van der Waals surface area (Å²) in [6, 6.07) is 3.60. The van der Waals surface area contributed by atoms with Crippen LogP contribution in [0.25, 0.3) is 0 Å². The predicted molar refractivity (Wildman–Crippen MR) is 61.4 cm³/mol. The Kier molecular flexibility index (Phi) is 3.88. The van der Waals surface area contributed by atoms with Crippen LogP contribution in [-0.4, -0.2) is 25.8 Å². The minimum atomic E-state index is -3.25. The van der Waals surface area contributed by atoms with Crippen molar-refractivity contribution in [2.24, 2.45) is 0 Å². The average Bonchev–Trinajstić information content (AvgIpc) is 2.69. The summed E-state index contributed by atoms with van der Waals surface area (Å²) in [6.07, 6.45) is 0. The van der Waals surface area contributed by atoms with Gasteiger partial charge in [-0.1, -0.05) is 6.07 Å². The summed E-state index contributed by atoms with van der Waals surface area (Å²) in [7, 11) is -3.25. The molecule has 1 rings (SSSR count). The van der Waals surface area contributed by atoms with Gasteiger partial charge in [0.15, 0.2) is 0 Å². The molecule has 0 saturated heterocycles. The highest BCUT2D eigenvalue weighted by atomic mass is 32.2. The molecule has 1 unspecified atom stereocenters. The Balaban J connectivity index is 2.66. The normalized spacial score (nSPS) is 16.2. The first kappa shape index (κ1) is 12.6. The SMILES string of the molecule is CCS(=O)(=O)NCC(C)(O)c1cccs1. The molecule has 1 atom stereocenters. The maximum absolute atomic E-state index is 11.2. The van der Waals surface area contributed by atoms with Gasteiger partial charge in [0.05, 0.1) is 5.75 Å². The van der Waals surface area contributed by atoms with Crippen LogP contribution in [0.5, 0.6) is 0 Å². The van der Waals surface area contributed by atoms with Gasteiger partial charge in [0.2, 0.25) is 10.0 Å². The molecule has 0 aliphatic carbocycles. The Labute approximate surface area is 94.0 Å².